The predicted octanol–water partition coefficient (Wildman–Crippen LogP) is 4.24. The molecule has 1 aliphatic heterocycles. The van der Waals surface area contributed by atoms with E-state index in [0.717, 1.165) is 23.3 Å². The van der Waals surface area contributed by atoms with Gasteiger partial charge in [0.1, 0.15) is 0 Å². The number of morpholine rings is 1. The van der Waals surface area contributed by atoms with Crippen LogP contribution in [0.1, 0.15) is 45.7 Å². The Hall–Kier alpha value is -2.52. The molecule has 3 aromatic rings. The van der Waals surface area contributed by atoms with Crippen molar-refractivity contribution in [3.8, 4) is 0 Å². The summed E-state index contributed by atoms with van der Waals surface area (Å²) in [5.74, 6) is -0.315. The Bertz CT molecular complexity index is 1170. The molecule has 1 atom stereocenters. The molecule has 0 aliphatic carbocycles. The highest BCUT2D eigenvalue weighted by Gasteiger charge is 2.27. The summed E-state index contributed by atoms with van der Waals surface area (Å²) in [6.45, 7) is 3.52. The molecule has 1 aliphatic rings. The second-order valence-electron chi connectivity index (χ2n) is 7.96. The summed E-state index contributed by atoms with van der Waals surface area (Å²) in [6, 6.07) is 18.2. The third kappa shape index (κ3) is 5.52. The van der Waals surface area contributed by atoms with Crippen LogP contribution in [0.4, 0.5) is 0 Å². The molecule has 0 radical (unpaired) electrons. The van der Waals surface area contributed by atoms with E-state index in [1.54, 1.807) is 23.5 Å². The summed E-state index contributed by atoms with van der Waals surface area (Å²) < 4.78 is 32.7. The molecule has 2 aromatic carbocycles. The number of rotatable bonds is 8. The average Bonchev–Trinajstić information content (AvgIpc) is 3.38. The van der Waals surface area contributed by atoms with E-state index in [9.17, 15) is 13.2 Å². The van der Waals surface area contributed by atoms with Gasteiger partial charge in [0.25, 0.3) is 5.91 Å². The summed E-state index contributed by atoms with van der Waals surface area (Å²) in [7, 11) is -3.68. The summed E-state index contributed by atoms with van der Waals surface area (Å²) in [5, 5.41) is 5.09. The normalized spacial score (nSPS) is 15.8. The minimum Gasteiger partial charge on any atom is -0.379 e. The number of thiophene rings is 1. The molecule has 4 rings (SSSR count). The first-order chi connectivity index (χ1) is 16.0. The van der Waals surface area contributed by atoms with Crippen LogP contribution in [0, 0.1) is 0 Å². The van der Waals surface area contributed by atoms with Crippen LogP contribution in [0.2, 0.25) is 0 Å². The highest BCUT2D eigenvalue weighted by Crippen LogP contribution is 2.27. The molecule has 1 amide bonds. The fraction of sp³-hybridized carbons (Fsp3) is 0.320. The van der Waals surface area contributed by atoms with Gasteiger partial charge in [-0.05, 0) is 47.2 Å². The molecule has 0 saturated carbocycles. The van der Waals surface area contributed by atoms with E-state index in [2.05, 4.69) is 36.5 Å². The highest BCUT2D eigenvalue weighted by molar-refractivity contribution is 7.89. The zero-order valence-corrected chi connectivity index (χ0v) is 20.2. The van der Waals surface area contributed by atoms with Crippen molar-refractivity contribution in [2.24, 2.45) is 0 Å². The number of aryl methyl sites for hydroxylation is 1. The van der Waals surface area contributed by atoms with Crippen molar-refractivity contribution in [2.45, 2.75) is 30.7 Å². The van der Waals surface area contributed by atoms with E-state index >= 15 is 0 Å². The number of hydrogen-bond acceptors (Lipinski definition) is 5. The van der Waals surface area contributed by atoms with E-state index in [1.165, 1.54) is 22.0 Å². The van der Waals surface area contributed by atoms with Gasteiger partial charge in [-0.15, -0.1) is 11.3 Å². The maximum Gasteiger partial charge on any atom is 0.252 e. The second kappa shape index (κ2) is 10.6. The van der Waals surface area contributed by atoms with Gasteiger partial charge in [0.05, 0.1) is 24.2 Å². The number of nitrogens with one attached hydrogen (secondary N) is 1. The minimum atomic E-state index is -3.68. The van der Waals surface area contributed by atoms with Gasteiger partial charge in [0.15, 0.2) is 0 Å². The van der Waals surface area contributed by atoms with Crippen LogP contribution < -0.4 is 5.32 Å². The molecule has 1 aromatic heterocycles. The van der Waals surface area contributed by atoms with Crippen molar-refractivity contribution in [1.82, 2.24) is 9.62 Å². The molecular weight excluding hydrogens is 456 g/mol. The van der Waals surface area contributed by atoms with E-state index in [1.807, 2.05) is 17.5 Å². The van der Waals surface area contributed by atoms with Crippen molar-refractivity contribution >= 4 is 27.3 Å². The van der Waals surface area contributed by atoms with E-state index in [4.69, 9.17) is 4.74 Å². The van der Waals surface area contributed by atoms with E-state index in [-0.39, 0.29) is 16.8 Å². The largest absolute Gasteiger partial charge is 0.379 e. The molecular formula is C25H28N2O4S2. The van der Waals surface area contributed by atoms with Crippen molar-refractivity contribution in [3.63, 3.8) is 0 Å². The molecule has 1 N–H and O–H groups in total. The molecule has 2 heterocycles. The van der Waals surface area contributed by atoms with Crippen molar-refractivity contribution < 1.29 is 17.9 Å². The predicted molar refractivity (Wildman–Crippen MR) is 130 cm³/mol. The average molecular weight is 485 g/mol. The van der Waals surface area contributed by atoms with Gasteiger partial charge < -0.3 is 10.1 Å². The lowest BCUT2D eigenvalue weighted by Gasteiger charge is -2.26. The maximum atomic E-state index is 13.2. The number of amides is 1. The molecule has 1 fully saturated rings. The van der Waals surface area contributed by atoms with Crippen molar-refractivity contribution in [3.05, 3.63) is 87.6 Å². The highest BCUT2D eigenvalue weighted by atomic mass is 32.2. The lowest BCUT2D eigenvalue weighted by Crippen LogP contribution is -2.40. The fourth-order valence-electron chi connectivity index (χ4n) is 3.89. The smallest absolute Gasteiger partial charge is 0.252 e. The van der Waals surface area contributed by atoms with Crippen molar-refractivity contribution in [2.75, 3.05) is 26.3 Å². The third-order valence-corrected chi connectivity index (χ3v) is 8.49. The fourth-order valence-corrected chi connectivity index (χ4v) is 6.14. The second-order valence-corrected chi connectivity index (χ2v) is 10.9. The molecule has 0 unspecified atom stereocenters. The monoisotopic (exact) mass is 484 g/mol. The topological polar surface area (TPSA) is 75.7 Å². The third-order valence-electron chi connectivity index (χ3n) is 5.66. The van der Waals surface area contributed by atoms with Crippen LogP contribution in [-0.2, 0) is 21.2 Å². The summed E-state index contributed by atoms with van der Waals surface area (Å²) in [6.07, 6.45) is 2.09. The Morgan fingerprint density at radius 1 is 1.09 bits per heavy atom. The van der Waals surface area contributed by atoms with Gasteiger partial charge in [-0.25, -0.2) is 8.42 Å². The summed E-state index contributed by atoms with van der Waals surface area (Å²) >= 11 is 1.57. The van der Waals surface area contributed by atoms with E-state index < -0.39 is 10.0 Å². The number of carbonyl (C=O) groups excluding carboxylic acids is 1. The Kier molecular flexibility index (Phi) is 7.60. The zero-order valence-electron chi connectivity index (χ0n) is 18.6. The van der Waals surface area contributed by atoms with Crippen LogP contribution in [-0.4, -0.2) is 44.9 Å². The molecule has 0 bridgehead atoms. The number of hydrogen-bond donors (Lipinski definition) is 1. The SMILES string of the molecule is CCCc1ccc([C@H](NC(=O)c2cccc(S(=O)(=O)N3CCOCC3)c2)c2cccs2)cc1. The van der Waals surface area contributed by atoms with Gasteiger partial charge in [-0.3, -0.25) is 4.79 Å². The number of nitrogens with zero attached hydrogens (tertiary/aromatic N) is 1. The quantitative estimate of drug-likeness (QED) is 0.519. The Morgan fingerprint density at radius 3 is 2.52 bits per heavy atom. The van der Waals surface area contributed by atoms with Crippen LogP contribution >= 0.6 is 11.3 Å². The lowest BCUT2D eigenvalue weighted by atomic mass is 10.0. The van der Waals surface area contributed by atoms with Gasteiger partial charge in [0, 0.05) is 23.5 Å². The van der Waals surface area contributed by atoms with Crippen LogP contribution in [0.5, 0.6) is 0 Å². The zero-order chi connectivity index (χ0) is 23.3. The first kappa shape index (κ1) is 23.6. The Labute approximate surface area is 199 Å². The first-order valence-corrected chi connectivity index (χ1v) is 13.4. The van der Waals surface area contributed by atoms with Gasteiger partial charge in [0.2, 0.25) is 10.0 Å². The number of carbonyl (C=O) groups is 1. The molecule has 8 heteroatoms. The molecule has 1 saturated heterocycles. The van der Waals surface area contributed by atoms with Gasteiger partial charge >= 0.3 is 0 Å². The van der Waals surface area contributed by atoms with Gasteiger partial charge in [-0.1, -0.05) is 49.7 Å². The number of sulfonamides is 1. The van der Waals surface area contributed by atoms with Crippen molar-refractivity contribution in [1.29, 1.82) is 0 Å². The summed E-state index contributed by atoms with van der Waals surface area (Å²) in [5.41, 5.74) is 2.56. The molecule has 0 spiro atoms. The van der Waals surface area contributed by atoms with Crippen LogP contribution in [0.3, 0.4) is 0 Å². The van der Waals surface area contributed by atoms with Gasteiger partial charge in [-0.2, -0.15) is 4.31 Å². The minimum absolute atomic E-state index is 0.119. The number of benzene rings is 2. The Balaban J connectivity index is 1.58. The summed E-state index contributed by atoms with van der Waals surface area (Å²) in [4.78, 5) is 14.4. The standard InChI is InChI=1S/C25H28N2O4S2/c1-2-5-19-9-11-20(12-10-19)24(23-8-4-17-32-23)26-25(28)21-6-3-7-22(18-21)33(29,30)27-13-15-31-16-14-27/h3-4,6-12,17-18,24H,2,5,13-16H2,1H3,(H,26,28)/t24-/m0/s1. The molecule has 33 heavy (non-hydrogen) atoms. The maximum absolute atomic E-state index is 13.2. The number of ether oxygens (including phenoxy) is 1. The Morgan fingerprint density at radius 2 is 1.85 bits per heavy atom. The molecule has 174 valence electrons. The lowest BCUT2D eigenvalue weighted by molar-refractivity contribution is 0.0730. The first-order valence-electron chi connectivity index (χ1n) is 11.1. The van der Waals surface area contributed by atoms with Crippen LogP contribution in [0.15, 0.2) is 70.9 Å². The molecule has 6 nitrogen and oxygen atoms in total. The van der Waals surface area contributed by atoms with E-state index in [0.29, 0.717) is 31.9 Å². The van der Waals surface area contributed by atoms with Crippen LogP contribution in [0.25, 0.3) is 0 Å².